The summed E-state index contributed by atoms with van der Waals surface area (Å²) in [5.74, 6) is -1.53. The van der Waals surface area contributed by atoms with Crippen molar-refractivity contribution in [2.45, 2.75) is 191 Å². The number of nitro groups is 1. The minimum Gasteiger partial charge on any atom is -0.466 e. The maximum absolute atomic E-state index is 11.7. The highest BCUT2D eigenvalue weighted by atomic mass is 16.6. The van der Waals surface area contributed by atoms with Crippen LogP contribution < -0.4 is 0 Å². The first-order chi connectivity index (χ1) is 41.4. The van der Waals surface area contributed by atoms with E-state index in [0.717, 1.165) is 11.8 Å². The van der Waals surface area contributed by atoms with Crippen LogP contribution in [-0.2, 0) is 79.9 Å². The fraction of sp³-hybridized carbons (Fsp3) is 0.521. The van der Waals surface area contributed by atoms with E-state index in [9.17, 15) is 43.7 Å². The molecule has 90 heavy (non-hydrogen) atoms. The van der Waals surface area contributed by atoms with Gasteiger partial charge in [-0.15, -0.1) is 0 Å². The second-order valence-electron chi connectivity index (χ2n) is 23.7. The van der Waals surface area contributed by atoms with Crippen LogP contribution in [0, 0.1) is 51.5 Å². The summed E-state index contributed by atoms with van der Waals surface area (Å²) < 4.78 is 34.3. The molecule has 0 fully saturated rings. The van der Waals surface area contributed by atoms with E-state index in [2.05, 4.69) is 84.9 Å². The van der Waals surface area contributed by atoms with Crippen molar-refractivity contribution in [2.24, 2.45) is 41.4 Å². The van der Waals surface area contributed by atoms with Gasteiger partial charge < -0.3 is 33.2 Å². The van der Waals surface area contributed by atoms with E-state index in [-0.39, 0.29) is 114 Å². The Morgan fingerprint density at radius 3 is 1.12 bits per heavy atom. The second kappa shape index (κ2) is 48.9. The van der Waals surface area contributed by atoms with Gasteiger partial charge in [0.05, 0.1) is 71.4 Å². The van der Waals surface area contributed by atoms with Crippen molar-refractivity contribution in [3.05, 3.63) is 159 Å². The number of nitrogens with zero attached hydrogens (tertiary/aromatic N) is 1. The number of hydrogen-bond donors (Lipinski definition) is 0. The summed E-state index contributed by atoms with van der Waals surface area (Å²) in [6.45, 7) is 47.9. The first-order valence-corrected chi connectivity index (χ1v) is 30.3. The van der Waals surface area contributed by atoms with E-state index >= 15 is 0 Å². The number of benzene rings is 4. The van der Waals surface area contributed by atoms with Crippen LogP contribution in [0.1, 0.15) is 195 Å². The summed E-state index contributed by atoms with van der Waals surface area (Å²) in [6.07, 6.45) is 1.14. The predicted molar refractivity (Wildman–Crippen MR) is 360 cm³/mol. The van der Waals surface area contributed by atoms with E-state index in [4.69, 9.17) is 18.9 Å². The standard InChI is InChI=1S/C18H18O2.C11H13NO4.C11H14O2.C8H16O2.2C6H12O2.C6H10O2.C6H12.CH4/c1-12(2)18(19)20-11-17-15-9-5-3-7-13(15)14-8-4-6-10-16(14)17;1-8(2)11(13)16-7-9-5-3-4-6-10(9)12(14)15;1-9(2)11(12)13-8-10-6-4-3-5-7-10;1-6(2)7(9)10-8(3,4)5;3*1-4-8-6(7)5(2)3;1-5(2)6(3)4;/h3-10,12,17H,11H2,1-2H3;3-6,8H,7H2,1-2H3;3-7,9H,8H2,1-2H3;6H,1-5H3;2*5H,4H2,1-3H3;4-5H,1H2,2-3H3;1-4H3;1H4. The SMILES string of the molecule is C.C=COC(=O)C(C)C.CC(C)=C(C)C.CC(C)C(=O)OC(C)(C)C.CC(C)C(=O)OCC1c2ccccc2-c2ccccc21.CC(C)C(=O)OCc1ccccc1.CC(C)C(=O)OCc1ccccc1[N+](=O)[O-].CCOC(=O)C(C)C.CCOC(=O)C(C)C. The molecule has 0 saturated heterocycles. The Labute approximate surface area is 540 Å². The Kier molecular flexibility index (Phi) is 48.1. The molecular weight excluding hydrogens is 1150 g/mol. The van der Waals surface area contributed by atoms with Crippen molar-refractivity contribution in [1.29, 1.82) is 0 Å². The lowest BCUT2D eigenvalue weighted by molar-refractivity contribution is -0.385. The monoisotopic (exact) mass is 1260 g/mol. The van der Waals surface area contributed by atoms with Crippen LogP contribution in [0.3, 0.4) is 0 Å². The van der Waals surface area contributed by atoms with Gasteiger partial charge in [0.1, 0.15) is 25.4 Å². The number of para-hydroxylation sites is 1. The summed E-state index contributed by atoms with van der Waals surface area (Å²) >= 11 is 0. The van der Waals surface area contributed by atoms with E-state index < -0.39 is 4.92 Å². The number of hydrogen-bond acceptors (Lipinski definition) is 16. The lowest BCUT2D eigenvalue weighted by atomic mass is 9.98. The predicted octanol–water partition coefficient (Wildman–Crippen LogP) is 17.4. The lowest BCUT2D eigenvalue weighted by Gasteiger charge is -2.20. The number of carbonyl (C=O) groups excluding carboxylic acids is 7. The average molecular weight is 1260 g/mol. The number of allylic oxidation sites excluding steroid dienone is 2. The lowest BCUT2D eigenvalue weighted by Crippen LogP contribution is -2.26. The van der Waals surface area contributed by atoms with Gasteiger partial charge in [0.25, 0.3) is 5.69 Å². The van der Waals surface area contributed by atoms with Crippen LogP contribution in [0.4, 0.5) is 5.69 Å². The molecule has 4 aromatic rings. The first-order valence-electron chi connectivity index (χ1n) is 30.3. The van der Waals surface area contributed by atoms with Gasteiger partial charge >= 0.3 is 41.8 Å². The molecule has 5 rings (SSSR count). The quantitative estimate of drug-likeness (QED) is 0.0239. The van der Waals surface area contributed by atoms with E-state index in [0.29, 0.717) is 32.0 Å². The Hall–Kier alpha value is -7.95. The summed E-state index contributed by atoms with van der Waals surface area (Å²) in [5, 5.41) is 10.7. The summed E-state index contributed by atoms with van der Waals surface area (Å²) in [7, 11) is 0. The smallest absolute Gasteiger partial charge is 0.313 e. The summed E-state index contributed by atoms with van der Waals surface area (Å²) in [5.41, 5.74) is 8.93. The summed E-state index contributed by atoms with van der Waals surface area (Å²) in [6, 6.07) is 32.6. The van der Waals surface area contributed by atoms with Crippen molar-refractivity contribution in [3.63, 3.8) is 0 Å². The average Bonchev–Trinajstić information content (AvgIpc) is 1.63. The highest BCUT2D eigenvalue weighted by Gasteiger charge is 2.29. The van der Waals surface area contributed by atoms with Crippen LogP contribution in [-0.4, -0.2) is 72.1 Å². The highest BCUT2D eigenvalue weighted by molar-refractivity contribution is 5.79. The van der Waals surface area contributed by atoms with Crippen LogP contribution in [0.5, 0.6) is 0 Å². The van der Waals surface area contributed by atoms with E-state index in [1.54, 1.807) is 59.7 Å². The molecule has 0 bridgehead atoms. The second-order valence-corrected chi connectivity index (χ2v) is 23.7. The van der Waals surface area contributed by atoms with Gasteiger partial charge in [-0.2, -0.15) is 0 Å². The highest BCUT2D eigenvalue weighted by Crippen LogP contribution is 2.44. The van der Waals surface area contributed by atoms with Gasteiger partial charge in [-0.3, -0.25) is 43.7 Å². The maximum Gasteiger partial charge on any atom is 0.313 e. The molecule has 0 radical (unpaired) electrons. The molecule has 0 aliphatic heterocycles. The van der Waals surface area contributed by atoms with Crippen LogP contribution in [0.15, 0.2) is 127 Å². The fourth-order valence-corrected chi connectivity index (χ4v) is 6.05. The summed E-state index contributed by atoms with van der Waals surface area (Å²) in [4.78, 5) is 86.6. The van der Waals surface area contributed by atoms with Crippen molar-refractivity contribution in [1.82, 2.24) is 0 Å². The largest absolute Gasteiger partial charge is 0.466 e. The van der Waals surface area contributed by atoms with Crippen LogP contribution in [0.2, 0.25) is 0 Å². The van der Waals surface area contributed by atoms with Gasteiger partial charge in [0, 0.05) is 12.0 Å². The molecule has 504 valence electrons. The molecular formula is C73H111NO16. The molecule has 0 aromatic heterocycles. The molecule has 0 atom stereocenters. The molecule has 0 N–H and O–H groups in total. The minimum atomic E-state index is -0.488. The van der Waals surface area contributed by atoms with Gasteiger partial charge in [-0.05, 0) is 96.2 Å². The van der Waals surface area contributed by atoms with Crippen molar-refractivity contribution in [2.75, 3.05) is 19.8 Å². The number of rotatable bonds is 17. The molecule has 0 amide bonds. The van der Waals surface area contributed by atoms with E-state index in [1.165, 1.54) is 39.5 Å². The topological polar surface area (TPSA) is 227 Å². The molecule has 0 spiro atoms. The fourth-order valence-electron chi connectivity index (χ4n) is 6.05. The zero-order valence-electron chi connectivity index (χ0n) is 57.7. The third kappa shape index (κ3) is 41.3. The number of carbonyl (C=O) groups is 7. The third-order valence-electron chi connectivity index (χ3n) is 11.6. The zero-order chi connectivity index (χ0) is 69.1. The van der Waals surface area contributed by atoms with Crippen molar-refractivity contribution in [3.8, 4) is 11.1 Å². The van der Waals surface area contributed by atoms with Crippen molar-refractivity contribution >= 4 is 47.5 Å². The molecule has 17 heteroatoms. The zero-order valence-corrected chi connectivity index (χ0v) is 57.7. The molecule has 4 aromatic carbocycles. The number of nitro benzene ring substituents is 1. The third-order valence-corrected chi connectivity index (χ3v) is 11.6. The van der Waals surface area contributed by atoms with Gasteiger partial charge in [-0.1, -0.05) is 213 Å². The first kappa shape index (κ1) is 88.5. The minimum absolute atomic E-state index is 0. The molecule has 1 aliphatic carbocycles. The Morgan fingerprint density at radius 2 is 0.811 bits per heavy atom. The molecule has 0 heterocycles. The number of esters is 7. The molecule has 0 unspecified atom stereocenters. The van der Waals surface area contributed by atoms with Gasteiger partial charge in [0.2, 0.25) is 0 Å². The van der Waals surface area contributed by atoms with Gasteiger partial charge in [0.15, 0.2) is 0 Å². The van der Waals surface area contributed by atoms with Crippen molar-refractivity contribution < 1.29 is 71.6 Å². The molecule has 17 nitrogen and oxygen atoms in total. The Bertz CT molecular complexity index is 2680. The number of ether oxygens (including phenoxy) is 7. The van der Waals surface area contributed by atoms with Crippen LogP contribution in [0.25, 0.3) is 11.1 Å². The normalized spacial score (nSPS) is 10.5. The van der Waals surface area contributed by atoms with Gasteiger partial charge in [-0.25, -0.2) is 0 Å². The van der Waals surface area contributed by atoms with E-state index in [1.807, 2.05) is 132 Å². The maximum atomic E-state index is 11.7. The molecule has 0 saturated carbocycles. The number of fused-ring (bicyclic) bond motifs is 3. The Balaban J connectivity index is -0.000000485. The molecule has 1 aliphatic rings. The Morgan fingerprint density at radius 1 is 0.478 bits per heavy atom. The van der Waals surface area contributed by atoms with Crippen LogP contribution >= 0.6 is 0 Å².